The summed E-state index contributed by atoms with van der Waals surface area (Å²) in [6.07, 6.45) is 2.49. The second-order valence-corrected chi connectivity index (χ2v) is 6.64. The summed E-state index contributed by atoms with van der Waals surface area (Å²) in [5.41, 5.74) is 2.44. The monoisotopic (exact) mass is 475 g/mol. The Kier molecular flexibility index (Phi) is 11.9. The molecule has 0 saturated carbocycles. The Bertz CT molecular complexity index is 532. The lowest BCUT2D eigenvalue weighted by Crippen LogP contribution is -2.45. The number of hydrogen-bond donors (Lipinski definition) is 1. The standard InChI is InChI=1S/C20H33N3O2.HI/c1-4-24-12-13-25-16-19-7-5-6-18(14-19)15-22-20(21-3)23-10-8-17(2)9-11-23;/h5-7,14,17H,4,8-13,15-16H2,1-3H3,(H,21,22);1H. The van der Waals surface area contributed by atoms with E-state index >= 15 is 0 Å². The number of aliphatic imine (C=N–C) groups is 1. The molecule has 1 aromatic carbocycles. The van der Waals surface area contributed by atoms with E-state index in [0.29, 0.717) is 19.8 Å². The molecule has 0 atom stereocenters. The van der Waals surface area contributed by atoms with E-state index < -0.39 is 0 Å². The lowest BCUT2D eigenvalue weighted by molar-refractivity contribution is 0.0453. The van der Waals surface area contributed by atoms with Crippen molar-refractivity contribution in [2.45, 2.75) is 39.8 Å². The molecule has 1 N–H and O–H groups in total. The summed E-state index contributed by atoms with van der Waals surface area (Å²) >= 11 is 0. The zero-order valence-corrected chi connectivity index (χ0v) is 18.7. The van der Waals surface area contributed by atoms with Crippen LogP contribution >= 0.6 is 24.0 Å². The number of benzene rings is 1. The van der Waals surface area contributed by atoms with Gasteiger partial charge in [-0.2, -0.15) is 0 Å². The van der Waals surface area contributed by atoms with Crippen LogP contribution in [-0.4, -0.2) is 50.8 Å². The van der Waals surface area contributed by atoms with Gasteiger partial charge in [0.1, 0.15) is 0 Å². The Labute approximate surface area is 175 Å². The minimum Gasteiger partial charge on any atom is -0.379 e. The van der Waals surface area contributed by atoms with Gasteiger partial charge in [0.2, 0.25) is 0 Å². The molecule has 1 saturated heterocycles. The summed E-state index contributed by atoms with van der Waals surface area (Å²) in [5, 5.41) is 3.50. The predicted molar refractivity (Wildman–Crippen MR) is 118 cm³/mol. The summed E-state index contributed by atoms with van der Waals surface area (Å²) in [6.45, 7) is 9.94. The van der Waals surface area contributed by atoms with Crippen molar-refractivity contribution in [3.63, 3.8) is 0 Å². The van der Waals surface area contributed by atoms with Crippen molar-refractivity contribution in [3.05, 3.63) is 35.4 Å². The minimum absolute atomic E-state index is 0. The second kappa shape index (κ2) is 13.3. The normalized spacial score (nSPS) is 15.7. The number of nitrogens with one attached hydrogen (secondary N) is 1. The van der Waals surface area contributed by atoms with Crippen LogP contribution in [0.5, 0.6) is 0 Å². The van der Waals surface area contributed by atoms with Gasteiger partial charge in [-0.25, -0.2) is 0 Å². The first-order chi connectivity index (χ1) is 12.2. The van der Waals surface area contributed by atoms with Gasteiger partial charge in [0.15, 0.2) is 5.96 Å². The molecule has 0 radical (unpaired) electrons. The highest BCUT2D eigenvalue weighted by atomic mass is 127. The lowest BCUT2D eigenvalue weighted by Gasteiger charge is -2.33. The van der Waals surface area contributed by atoms with E-state index in [2.05, 4.69) is 46.4 Å². The third kappa shape index (κ3) is 8.22. The molecule has 1 aromatic rings. The van der Waals surface area contributed by atoms with Crippen LogP contribution in [0.15, 0.2) is 29.3 Å². The molecule has 1 aliphatic rings. The maximum Gasteiger partial charge on any atom is 0.193 e. The van der Waals surface area contributed by atoms with Gasteiger partial charge in [0, 0.05) is 33.3 Å². The number of hydrogen-bond acceptors (Lipinski definition) is 3. The van der Waals surface area contributed by atoms with Crippen molar-refractivity contribution in [2.24, 2.45) is 10.9 Å². The molecule has 0 aliphatic carbocycles. The van der Waals surface area contributed by atoms with E-state index in [4.69, 9.17) is 9.47 Å². The summed E-state index contributed by atoms with van der Waals surface area (Å²) < 4.78 is 10.9. The van der Waals surface area contributed by atoms with Crippen molar-refractivity contribution in [3.8, 4) is 0 Å². The summed E-state index contributed by atoms with van der Waals surface area (Å²) in [5.74, 6) is 1.83. The fourth-order valence-corrected chi connectivity index (χ4v) is 3.02. The van der Waals surface area contributed by atoms with Crippen LogP contribution in [0.4, 0.5) is 0 Å². The van der Waals surface area contributed by atoms with Crippen LogP contribution in [0.1, 0.15) is 37.8 Å². The lowest BCUT2D eigenvalue weighted by atomic mass is 9.99. The highest BCUT2D eigenvalue weighted by Gasteiger charge is 2.18. The van der Waals surface area contributed by atoms with E-state index in [1.807, 2.05) is 14.0 Å². The summed E-state index contributed by atoms with van der Waals surface area (Å²) in [7, 11) is 1.86. The Morgan fingerprint density at radius 1 is 1.19 bits per heavy atom. The van der Waals surface area contributed by atoms with Gasteiger partial charge in [-0.15, -0.1) is 24.0 Å². The van der Waals surface area contributed by atoms with Gasteiger partial charge in [-0.3, -0.25) is 4.99 Å². The van der Waals surface area contributed by atoms with Crippen molar-refractivity contribution in [2.75, 3.05) is 40.0 Å². The van der Waals surface area contributed by atoms with Crippen LogP contribution in [0.3, 0.4) is 0 Å². The molecule has 1 fully saturated rings. The third-order valence-electron chi connectivity index (χ3n) is 4.58. The number of likely N-dealkylation sites (tertiary alicyclic amines) is 1. The Hall–Kier alpha value is -0.860. The number of ether oxygens (including phenoxy) is 2. The average molecular weight is 475 g/mol. The fourth-order valence-electron chi connectivity index (χ4n) is 3.02. The fraction of sp³-hybridized carbons (Fsp3) is 0.650. The highest BCUT2D eigenvalue weighted by Crippen LogP contribution is 2.16. The Morgan fingerprint density at radius 3 is 2.58 bits per heavy atom. The van der Waals surface area contributed by atoms with Crippen molar-refractivity contribution < 1.29 is 9.47 Å². The van der Waals surface area contributed by atoms with Gasteiger partial charge < -0.3 is 19.7 Å². The molecular weight excluding hydrogens is 441 g/mol. The van der Waals surface area contributed by atoms with Gasteiger partial charge in [-0.1, -0.05) is 31.2 Å². The van der Waals surface area contributed by atoms with Crippen LogP contribution in [0.25, 0.3) is 0 Å². The topological polar surface area (TPSA) is 46.1 Å². The van der Waals surface area contributed by atoms with Gasteiger partial charge >= 0.3 is 0 Å². The quantitative estimate of drug-likeness (QED) is 0.270. The van der Waals surface area contributed by atoms with Crippen molar-refractivity contribution in [1.29, 1.82) is 0 Å². The van der Waals surface area contributed by atoms with E-state index in [1.165, 1.54) is 24.0 Å². The Balaban J connectivity index is 0.00000338. The Morgan fingerprint density at radius 2 is 1.88 bits per heavy atom. The first kappa shape index (κ1) is 23.2. The molecule has 0 bridgehead atoms. The van der Waals surface area contributed by atoms with Crippen LogP contribution in [0, 0.1) is 5.92 Å². The predicted octanol–water partition coefficient (Wildman–Crippen LogP) is 3.67. The van der Waals surface area contributed by atoms with Crippen LogP contribution in [0.2, 0.25) is 0 Å². The highest BCUT2D eigenvalue weighted by molar-refractivity contribution is 14.0. The first-order valence-electron chi connectivity index (χ1n) is 9.41. The maximum absolute atomic E-state index is 5.65. The summed E-state index contributed by atoms with van der Waals surface area (Å²) in [6, 6.07) is 8.52. The second-order valence-electron chi connectivity index (χ2n) is 6.64. The molecule has 0 unspecified atom stereocenters. The molecule has 1 heterocycles. The van der Waals surface area contributed by atoms with Crippen molar-refractivity contribution >= 4 is 29.9 Å². The van der Waals surface area contributed by atoms with Crippen molar-refractivity contribution in [1.82, 2.24) is 10.2 Å². The van der Waals surface area contributed by atoms with E-state index in [0.717, 1.165) is 38.1 Å². The SMILES string of the molecule is CCOCCOCc1cccc(CNC(=NC)N2CCC(C)CC2)c1.I. The zero-order valence-electron chi connectivity index (χ0n) is 16.4. The molecule has 1 aliphatic heterocycles. The van der Waals surface area contributed by atoms with Crippen LogP contribution < -0.4 is 5.32 Å². The number of halogens is 1. The largest absolute Gasteiger partial charge is 0.379 e. The molecule has 148 valence electrons. The molecule has 26 heavy (non-hydrogen) atoms. The molecule has 0 amide bonds. The minimum atomic E-state index is 0. The molecule has 2 rings (SSSR count). The van der Waals surface area contributed by atoms with E-state index in [1.54, 1.807) is 0 Å². The molecule has 0 aromatic heterocycles. The van der Waals surface area contributed by atoms with E-state index in [-0.39, 0.29) is 24.0 Å². The third-order valence-corrected chi connectivity index (χ3v) is 4.58. The molecule has 0 spiro atoms. The smallest absolute Gasteiger partial charge is 0.193 e. The first-order valence-corrected chi connectivity index (χ1v) is 9.41. The average Bonchev–Trinajstić information content (AvgIpc) is 2.64. The number of guanidine groups is 1. The molecular formula is C20H34IN3O2. The zero-order chi connectivity index (χ0) is 17.9. The number of rotatable bonds is 8. The maximum atomic E-state index is 5.65. The van der Waals surface area contributed by atoms with Crippen LogP contribution in [-0.2, 0) is 22.6 Å². The summed E-state index contributed by atoms with van der Waals surface area (Å²) in [4.78, 5) is 6.81. The number of nitrogens with zero attached hydrogens (tertiary/aromatic N) is 2. The molecule has 5 nitrogen and oxygen atoms in total. The number of piperidine rings is 1. The van der Waals surface area contributed by atoms with Gasteiger partial charge in [0.25, 0.3) is 0 Å². The van der Waals surface area contributed by atoms with E-state index in [9.17, 15) is 0 Å². The van der Waals surface area contributed by atoms with Gasteiger partial charge in [-0.05, 0) is 36.8 Å². The van der Waals surface area contributed by atoms with Gasteiger partial charge in [0.05, 0.1) is 19.8 Å². The molecule has 6 heteroatoms.